The lowest BCUT2D eigenvalue weighted by atomic mass is 10.1. The Labute approximate surface area is 113 Å². The van der Waals surface area contributed by atoms with Gasteiger partial charge < -0.3 is 11.1 Å². The summed E-state index contributed by atoms with van der Waals surface area (Å²) in [4.78, 5) is 0.388. The van der Waals surface area contributed by atoms with Crippen molar-refractivity contribution in [3.8, 4) is 0 Å². The van der Waals surface area contributed by atoms with E-state index >= 15 is 0 Å². The lowest BCUT2D eigenvalue weighted by Gasteiger charge is -2.15. The lowest BCUT2D eigenvalue weighted by molar-refractivity contribution is 0.578. The van der Waals surface area contributed by atoms with E-state index in [1.165, 1.54) is 25.7 Å². The van der Waals surface area contributed by atoms with E-state index in [4.69, 9.17) is 18.0 Å². The van der Waals surface area contributed by atoms with Gasteiger partial charge in [0.05, 0.1) is 11.3 Å². The molecule has 0 unspecified atom stereocenters. The third-order valence-electron chi connectivity index (χ3n) is 3.73. The predicted molar refractivity (Wildman–Crippen MR) is 77.8 cm³/mol. The van der Waals surface area contributed by atoms with Gasteiger partial charge in [-0.15, -0.1) is 5.10 Å². The number of anilines is 1. The van der Waals surface area contributed by atoms with Gasteiger partial charge >= 0.3 is 0 Å². The van der Waals surface area contributed by atoms with Crippen LogP contribution in [0, 0.1) is 19.8 Å². The number of aromatic nitrogens is 2. The molecule has 1 aliphatic carbocycles. The molecule has 1 aliphatic rings. The van der Waals surface area contributed by atoms with E-state index in [0.29, 0.717) is 4.99 Å². The minimum absolute atomic E-state index is 0.388. The van der Waals surface area contributed by atoms with Gasteiger partial charge in [0.25, 0.3) is 0 Å². The second kappa shape index (κ2) is 5.61. The van der Waals surface area contributed by atoms with E-state index in [-0.39, 0.29) is 0 Å². The molecule has 2 rings (SSSR count). The molecule has 4 nitrogen and oxygen atoms in total. The topological polar surface area (TPSA) is 63.8 Å². The number of aryl methyl sites for hydroxylation is 1. The van der Waals surface area contributed by atoms with Crippen molar-refractivity contribution < 1.29 is 0 Å². The first-order chi connectivity index (χ1) is 8.59. The average Bonchev–Trinajstić information content (AvgIpc) is 2.83. The smallest absolute Gasteiger partial charge is 0.159 e. The van der Waals surface area contributed by atoms with Crippen LogP contribution in [-0.2, 0) is 0 Å². The number of thiocarbonyl (C=S) groups is 1. The van der Waals surface area contributed by atoms with Gasteiger partial charge in [0.2, 0.25) is 0 Å². The molecule has 1 aromatic heterocycles. The van der Waals surface area contributed by atoms with Crippen molar-refractivity contribution in [1.82, 2.24) is 10.2 Å². The van der Waals surface area contributed by atoms with E-state index in [1.807, 2.05) is 13.8 Å². The number of nitrogens with two attached hydrogens (primary N) is 1. The highest BCUT2D eigenvalue weighted by Crippen LogP contribution is 2.25. The molecule has 0 saturated heterocycles. The molecule has 1 saturated carbocycles. The lowest BCUT2D eigenvalue weighted by Crippen LogP contribution is -2.20. The molecular weight excluding hydrogens is 244 g/mol. The number of rotatable bonds is 4. The normalized spacial score (nSPS) is 15.9. The minimum Gasteiger partial charge on any atom is -0.389 e. The summed E-state index contributed by atoms with van der Waals surface area (Å²) in [5, 5.41) is 11.7. The van der Waals surface area contributed by atoms with Gasteiger partial charge in [0.1, 0.15) is 4.99 Å². The van der Waals surface area contributed by atoms with Gasteiger partial charge in [-0.05, 0) is 38.2 Å². The molecule has 5 heteroatoms. The zero-order valence-corrected chi connectivity index (χ0v) is 11.8. The Balaban J connectivity index is 2.16. The van der Waals surface area contributed by atoms with E-state index in [0.717, 1.165) is 35.1 Å². The Bertz CT molecular complexity index is 453. The number of hydrogen-bond acceptors (Lipinski definition) is 4. The van der Waals surface area contributed by atoms with Gasteiger partial charge in [-0.1, -0.05) is 25.1 Å². The first kappa shape index (κ1) is 13.2. The van der Waals surface area contributed by atoms with Crippen LogP contribution in [-0.4, -0.2) is 21.7 Å². The van der Waals surface area contributed by atoms with Gasteiger partial charge in [-0.3, -0.25) is 0 Å². The molecule has 0 spiro atoms. The highest BCUT2D eigenvalue weighted by Gasteiger charge is 2.17. The van der Waals surface area contributed by atoms with Gasteiger partial charge in [0, 0.05) is 6.54 Å². The molecule has 98 valence electrons. The van der Waals surface area contributed by atoms with Crippen molar-refractivity contribution in [2.24, 2.45) is 11.7 Å². The van der Waals surface area contributed by atoms with Crippen LogP contribution in [0.15, 0.2) is 0 Å². The molecule has 0 aromatic carbocycles. The van der Waals surface area contributed by atoms with Crippen molar-refractivity contribution in [2.75, 3.05) is 11.9 Å². The maximum Gasteiger partial charge on any atom is 0.159 e. The van der Waals surface area contributed by atoms with E-state index in [9.17, 15) is 0 Å². The highest BCUT2D eigenvalue weighted by atomic mass is 32.1. The van der Waals surface area contributed by atoms with Gasteiger partial charge in [-0.2, -0.15) is 5.10 Å². The SMILES string of the molecule is Cc1nnc(NCC2CCCC2)c(C(N)=S)c1C. The fraction of sp³-hybridized carbons (Fsp3) is 0.615. The monoisotopic (exact) mass is 264 g/mol. The average molecular weight is 264 g/mol. The molecule has 0 atom stereocenters. The number of nitrogens with zero attached hydrogens (tertiary/aromatic N) is 2. The van der Waals surface area contributed by atoms with E-state index < -0.39 is 0 Å². The zero-order chi connectivity index (χ0) is 13.1. The molecule has 1 fully saturated rings. The van der Waals surface area contributed by atoms with Crippen LogP contribution in [0.2, 0.25) is 0 Å². The standard InChI is InChI=1S/C13H20N4S/c1-8-9(2)16-17-13(11(8)12(14)18)15-7-10-5-3-4-6-10/h10H,3-7H2,1-2H3,(H2,14,18)(H,15,17). The van der Waals surface area contributed by atoms with Gasteiger partial charge in [0.15, 0.2) is 5.82 Å². The molecule has 3 N–H and O–H groups in total. The van der Waals surface area contributed by atoms with E-state index in [2.05, 4.69) is 15.5 Å². The van der Waals surface area contributed by atoms with Crippen molar-refractivity contribution >= 4 is 23.0 Å². The summed E-state index contributed by atoms with van der Waals surface area (Å²) < 4.78 is 0. The summed E-state index contributed by atoms with van der Waals surface area (Å²) in [6.07, 6.45) is 5.28. The van der Waals surface area contributed by atoms with Crippen molar-refractivity contribution in [2.45, 2.75) is 39.5 Å². The second-order valence-electron chi connectivity index (χ2n) is 5.03. The molecule has 0 radical (unpaired) electrons. The van der Waals surface area contributed by atoms with Crippen LogP contribution in [0.25, 0.3) is 0 Å². The first-order valence-corrected chi connectivity index (χ1v) is 6.88. The Hall–Kier alpha value is -1.23. The maximum absolute atomic E-state index is 5.79. The summed E-state index contributed by atoms with van der Waals surface area (Å²) in [5.41, 5.74) is 8.53. The molecule has 0 amide bonds. The summed E-state index contributed by atoms with van der Waals surface area (Å²) in [5.74, 6) is 1.48. The zero-order valence-electron chi connectivity index (χ0n) is 11.0. The predicted octanol–water partition coefficient (Wildman–Crippen LogP) is 2.33. The van der Waals surface area contributed by atoms with Crippen molar-refractivity contribution in [3.63, 3.8) is 0 Å². The van der Waals surface area contributed by atoms with E-state index in [1.54, 1.807) is 0 Å². The summed E-state index contributed by atoms with van der Waals surface area (Å²) >= 11 is 5.12. The summed E-state index contributed by atoms with van der Waals surface area (Å²) in [7, 11) is 0. The van der Waals surface area contributed by atoms with Crippen molar-refractivity contribution in [1.29, 1.82) is 0 Å². The second-order valence-corrected chi connectivity index (χ2v) is 5.47. The molecule has 0 bridgehead atoms. The first-order valence-electron chi connectivity index (χ1n) is 6.47. The van der Waals surface area contributed by atoms with Crippen LogP contribution in [0.3, 0.4) is 0 Å². The Morgan fingerprint density at radius 3 is 2.61 bits per heavy atom. The maximum atomic E-state index is 5.79. The van der Waals surface area contributed by atoms with Crippen LogP contribution in [0.1, 0.15) is 42.5 Å². The highest BCUT2D eigenvalue weighted by molar-refractivity contribution is 7.80. The van der Waals surface area contributed by atoms with Crippen LogP contribution >= 0.6 is 12.2 Å². The fourth-order valence-electron chi connectivity index (χ4n) is 2.49. The quantitative estimate of drug-likeness (QED) is 0.817. The summed E-state index contributed by atoms with van der Waals surface area (Å²) in [6, 6.07) is 0. The number of nitrogens with one attached hydrogen (secondary N) is 1. The Morgan fingerprint density at radius 2 is 2.00 bits per heavy atom. The largest absolute Gasteiger partial charge is 0.389 e. The minimum atomic E-state index is 0.388. The third kappa shape index (κ3) is 2.77. The molecule has 1 heterocycles. The van der Waals surface area contributed by atoms with Crippen LogP contribution < -0.4 is 11.1 Å². The molecular formula is C13H20N4S. The third-order valence-corrected chi connectivity index (χ3v) is 3.94. The van der Waals surface area contributed by atoms with Crippen LogP contribution in [0.5, 0.6) is 0 Å². The molecule has 18 heavy (non-hydrogen) atoms. The molecule has 1 aromatic rings. The van der Waals surface area contributed by atoms with Crippen molar-refractivity contribution in [3.05, 3.63) is 16.8 Å². The Morgan fingerprint density at radius 1 is 1.33 bits per heavy atom. The fourth-order valence-corrected chi connectivity index (χ4v) is 2.74. The summed E-state index contributed by atoms with van der Waals surface area (Å²) in [6.45, 7) is 4.84. The van der Waals surface area contributed by atoms with Crippen LogP contribution in [0.4, 0.5) is 5.82 Å². The molecule has 0 aliphatic heterocycles. The number of hydrogen-bond donors (Lipinski definition) is 2. The van der Waals surface area contributed by atoms with Gasteiger partial charge in [-0.25, -0.2) is 0 Å². The Kier molecular flexibility index (Phi) is 4.11.